The maximum Gasteiger partial charge on any atom is 0.238 e. The van der Waals surface area contributed by atoms with E-state index in [1.807, 2.05) is 0 Å². The third-order valence-electron chi connectivity index (χ3n) is 3.64. The van der Waals surface area contributed by atoms with Gasteiger partial charge in [0.25, 0.3) is 0 Å². The van der Waals surface area contributed by atoms with Crippen LogP contribution in [0.15, 0.2) is 0 Å². The third-order valence-corrected chi connectivity index (χ3v) is 4.58. The zero-order valence-electron chi connectivity index (χ0n) is 10.9. The molecule has 1 aromatic rings. The second-order valence-corrected chi connectivity index (χ2v) is 6.01. The molecule has 2 aliphatic rings. The number of aromatic nitrogens is 3. The molecule has 0 aliphatic carbocycles. The summed E-state index contributed by atoms with van der Waals surface area (Å²) in [4.78, 5) is 11.9. The van der Waals surface area contributed by atoms with Crippen molar-refractivity contribution >= 4 is 17.7 Å². The summed E-state index contributed by atoms with van der Waals surface area (Å²) in [5.41, 5.74) is 0. The fourth-order valence-electron chi connectivity index (χ4n) is 2.53. The van der Waals surface area contributed by atoms with Gasteiger partial charge in [-0.15, -0.1) is 22.0 Å². The molecule has 0 saturated carbocycles. The summed E-state index contributed by atoms with van der Waals surface area (Å²) in [6, 6.07) is -0.0588. The number of nitrogens with one attached hydrogen (secondary N) is 2. The smallest absolute Gasteiger partial charge is 0.238 e. The highest BCUT2D eigenvalue weighted by Gasteiger charge is 2.23. The van der Waals surface area contributed by atoms with E-state index in [4.69, 9.17) is 0 Å². The average Bonchev–Trinajstić information content (AvgIpc) is 3.02. The van der Waals surface area contributed by atoms with Crippen LogP contribution in [0.2, 0.25) is 0 Å². The molecular formula is C12H19N5OS. The average molecular weight is 281 g/mol. The van der Waals surface area contributed by atoms with Crippen LogP contribution in [0.1, 0.15) is 30.9 Å². The lowest BCUT2D eigenvalue weighted by Crippen LogP contribution is -2.42. The Hall–Kier alpha value is -1.08. The van der Waals surface area contributed by atoms with Crippen molar-refractivity contribution in [3.8, 4) is 0 Å². The predicted octanol–water partition coefficient (Wildman–Crippen LogP) is 0.283. The van der Waals surface area contributed by atoms with Gasteiger partial charge in [-0.25, -0.2) is 0 Å². The summed E-state index contributed by atoms with van der Waals surface area (Å²) in [6.45, 7) is 1.46. The van der Waals surface area contributed by atoms with Crippen LogP contribution in [0.4, 0.5) is 0 Å². The SMILES string of the molecule is O=C(NCc1nnc2n1CCCCC2)C1CSCN1. The number of aryl methyl sites for hydroxylation is 1. The molecule has 1 saturated heterocycles. The number of thioether (sulfide) groups is 1. The zero-order chi connectivity index (χ0) is 13.1. The summed E-state index contributed by atoms with van der Waals surface area (Å²) >= 11 is 1.75. The van der Waals surface area contributed by atoms with E-state index in [1.54, 1.807) is 11.8 Å². The fraction of sp³-hybridized carbons (Fsp3) is 0.750. The van der Waals surface area contributed by atoms with E-state index in [2.05, 4.69) is 25.4 Å². The van der Waals surface area contributed by atoms with Crippen LogP contribution < -0.4 is 10.6 Å². The molecule has 7 heteroatoms. The molecule has 0 aromatic carbocycles. The van der Waals surface area contributed by atoms with Gasteiger partial charge in [0.05, 0.1) is 12.6 Å². The van der Waals surface area contributed by atoms with Crippen LogP contribution in [-0.2, 0) is 24.3 Å². The van der Waals surface area contributed by atoms with E-state index < -0.39 is 0 Å². The Balaban J connectivity index is 1.60. The van der Waals surface area contributed by atoms with Gasteiger partial charge in [-0.1, -0.05) is 6.42 Å². The van der Waals surface area contributed by atoms with Gasteiger partial charge in [-0.3, -0.25) is 10.1 Å². The van der Waals surface area contributed by atoms with Crippen LogP contribution in [0.5, 0.6) is 0 Å². The Labute approximate surface area is 116 Å². The Morgan fingerprint density at radius 1 is 1.42 bits per heavy atom. The highest BCUT2D eigenvalue weighted by atomic mass is 32.2. The van der Waals surface area contributed by atoms with Crippen LogP contribution in [0, 0.1) is 0 Å². The van der Waals surface area contributed by atoms with Gasteiger partial charge in [0.15, 0.2) is 5.82 Å². The van der Waals surface area contributed by atoms with E-state index in [0.29, 0.717) is 6.54 Å². The van der Waals surface area contributed by atoms with Crippen molar-refractivity contribution in [1.29, 1.82) is 0 Å². The minimum Gasteiger partial charge on any atom is -0.347 e. The van der Waals surface area contributed by atoms with E-state index in [1.165, 1.54) is 19.3 Å². The quantitative estimate of drug-likeness (QED) is 0.833. The van der Waals surface area contributed by atoms with Crippen LogP contribution in [0.3, 0.4) is 0 Å². The molecule has 1 amide bonds. The molecule has 0 radical (unpaired) electrons. The maximum absolute atomic E-state index is 11.9. The maximum atomic E-state index is 11.9. The van der Waals surface area contributed by atoms with E-state index >= 15 is 0 Å². The molecule has 3 rings (SSSR count). The van der Waals surface area contributed by atoms with Crippen molar-refractivity contribution in [2.75, 3.05) is 11.6 Å². The van der Waals surface area contributed by atoms with Crippen molar-refractivity contribution in [3.05, 3.63) is 11.6 Å². The molecule has 0 bridgehead atoms. The van der Waals surface area contributed by atoms with Crippen molar-refractivity contribution in [2.24, 2.45) is 0 Å². The van der Waals surface area contributed by atoms with Crippen LogP contribution >= 0.6 is 11.8 Å². The van der Waals surface area contributed by atoms with Gasteiger partial charge in [0.1, 0.15) is 5.82 Å². The number of hydrogen-bond donors (Lipinski definition) is 2. The number of hydrogen-bond acceptors (Lipinski definition) is 5. The van der Waals surface area contributed by atoms with Gasteiger partial charge >= 0.3 is 0 Å². The summed E-state index contributed by atoms with van der Waals surface area (Å²) in [5, 5.41) is 14.6. The molecule has 2 aliphatic heterocycles. The van der Waals surface area contributed by atoms with E-state index in [9.17, 15) is 4.79 Å². The van der Waals surface area contributed by atoms with Gasteiger partial charge in [0, 0.05) is 24.6 Å². The second-order valence-electron chi connectivity index (χ2n) is 4.98. The van der Waals surface area contributed by atoms with E-state index in [-0.39, 0.29) is 11.9 Å². The topological polar surface area (TPSA) is 71.8 Å². The first-order chi connectivity index (χ1) is 9.34. The first-order valence-corrected chi connectivity index (χ1v) is 8.00. The number of amides is 1. The second kappa shape index (κ2) is 5.92. The van der Waals surface area contributed by atoms with Crippen molar-refractivity contribution in [3.63, 3.8) is 0 Å². The summed E-state index contributed by atoms with van der Waals surface area (Å²) < 4.78 is 2.17. The lowest BCUT2D eigenvalue weighted by molar-refractivity contribution is -0.122. The first kappa shape index (κ1) is 12.9. The number of rotatable bonds is 3. The number of nitrogens with zero attached hydrogens (tertiary/aromatic N) is 3. The predicted molar refractivity (Wildman–Crippen MR) is 73.7 cm³/mol. The summed E-state index contributed by atoms with van der Waals surface area (Å²) in [6.07, 6.45) is 4.61. The highest BCUT2D eigenvalue weighted by molar-refractivity contribution is 7.99. The molecule has 1 atom stereocenters. The van der Waals surface area contributed by atoms with Crippen molar-refractivity contribution in [1.82, 2.24) is 25.4 Å². The van der Waals surface area contributed by atoms with Crippen molar-refractivity contribution < 1.29 is 4.79 Å². The van der Waals surface area contributed by atoms with Gasteiger partial charge in [-0.05, 0) is 12.8 Å². The fourth-order valence-corrected chi connectivity index (χ4v) is 3.47. The largest absolute Gasteiger partial charge is 0.347 e. The van der Waals surface area contributed by atoms with Gasteiger partial charge in [0.2, 0.25) is 5.91 Å². The van der Waals surface area contributed by atoms with Crippen molar-refractivity contribution in [2.45, 2.75) is 44.8 Å². The Bertz CT molecular complexity index is 455. The molecule has 104 valence electrons. The highest BCUT2D eigenvalue weighted by Crippen LogP contribution is 2.14. The lowest BCUT2D eigenvalue weighted by Gasteiger charge is -2.11. The zero-order valence-corrected chi connectivity index (χ0v) is 11.7. The Morgan fingerprint density at radius 3 is 3.21 bits per heavy atom. The molecule has 1 fully saturated rings. The summed E-state index contributed by atoms with van der Waals surface area (Å²) in [7, 11) is 0. The van der Waals surface area contributed by atoms with Crippen LogP contribution in [-0.4, -0.2) is 38.3 Å². The van der Waals surface area contributed by atoms with Gasteiger partial charge < -0.3 is 9.88 Å². The van der Waals surface area contributed by atoms with E-state index in [0.717, 1.165) is 36.2 Å². The normalized spacial score (nSPS) is 22.8. The van der Waals surface area contributed by atoms with Crippen LogP contribution in [0.25, 0.3) is 0 Å². The Morgan fingerprint density at radius 2 is 2.37 bits per heavy atom. The molecule has 6 nitrogen and oxygen atoms in total. The molecule has 0 spiro atoms. The van der Waals surface area contributed by atoms with Gasteiger partial charge in [-0.2, -0.15) is 0 Å². The molecule has 1 aromatic heterocycles. The Kier molecular flexibility index (Phi) is 4.03. The first-order valence-electron chi connectivity index (χ1n) is 6.84. The standard InChI is InChI=1S/C12H19N5OS/c18-12(9-7-19-8-14-9)13-6-11-16-15-10-4-2-1-3-5-17(10)11/h9,14H,1-8H2,(H,13,18). The number of carbonyl (C=O) groups is 1. The number of fused-ring (bicyclic) bond motifs is 1. The minimum absolute atomic E-state index is 0.0588. The number of carbonyl (C=O) groups excluding carboxylic acids is 1. The molecular weight excluding hydrogens is 262 g/mol. The molecule has 3 heterocycles. The third kappa shape index (κ3) is 2.92. The molecule has 1 unspecified atom stereocenters. The minimum atomic E-state index is -0.0588. The monoisotopic (exact) mass is 281 g/mol. The lowest BCUT2D eigenvalue weighted by atomic mass is 10.2. The molecule has 19 heavy (non-hydrogen) atoms. The summed E-state index contributed by atoms with van der Waals surface area (Å²) in [5.74, 6) is 3.73. The molecule has 2 N–H and O–H groups in total.